The summed E-state index contributed by atoms with van der Waals surface area (Å²) in [6, 6.07) is 7.75. The fourth-order valence-corrected chi connectivity index (χ4v) is 7.86. The maximum Gasteiger partial charge on any atom is 0.339 e. The van der Waals surface area contributed by atoms with Crippen LogP contribution >= 0.6 is 0 Å². The number of cyclic esters (lactones) is 2. The van der Waals surface area contributed by atoms with Crippen molar-refractivity contribution in [2.24, 2.45) is 35.0 Å². The minimum Gasteiger partial charge on any atom is -0.462 e. The number of esters is 3. The molecular formula is C42H62O6. The third-order valence-corrected chi connectivity index (χ3v) is 11.2. The van der Waals surface area contributed by atoms with Gasteiger partial charge in [0, 0.05) is 17.9 Å². The Morgan fingerprint density at radius 2 is 1.65 bits per heavy atom. The smallest absolute Gasteiger partial charge is 0.339 e. The molecule has 48 heavy (non-hydrogen) atoms. The minimum atomic E-state index is -0.456. The van der Waals surface area contributed by atoms with E-state index in [0.29, 0.717) is 30.1 Å². The summed E-state index contributed by atoms with van der Waals surface area (Å²) in [5.74, 6) is 1.55. The van der Waals surface area contributed by atoms with Crippen molar-refractivity contribution in [3.8, 4) is 0 Å². The molecule has 2 aliphatic heterocycles. The molecule has 0 aromatic heterocycles. The van der Waals surface area contributed by atoms with Crippen LogP contribution in [-0.4, -0.2) is 30.1 Å². The van der Waals surface area contributed by atoms with E-state index in [1.165, 1.54) is 37.7 Å². The number of benzene rings is 1. The molecule has 266 valence electrons. The SMILES string of the molecule is CCC(C)(C)C(=O)O[C@H]1C[C@@H](C)C=C2C=C[C@H](C)[C@H](CC[C@@H]3C[C@@H](C)CC(=O)O3)[C@H]21.CCCCCCCCC1OC(=O)c2ccccc21. The van der Waals surface area contributed by atoms with Crippen LogP contribution in [0.25, 0.3) is 0 Å². The maximum atomic E-state index is 12.9. The Bertz CT molecular complexity index is 1290. The van der Waals surface area contributed by atoms with Crippen molar-refractivity contribution >= 4 is 17.9 Å². The third-order valence-electron chi connectivity index (χ3n) is 11.2. The number of hydrogen-bond donors (Lipinski definition) is 0. The molecule has 0 bridgehead atoms. The van der Waals surface area contributed by atoms with E-state index in [9.17, 15) is 14.4 Å². The van der Waals surface area contributed by atoms with Gasteiger partial charge in [0.15, 0.2) is 0 Å². The molecule has 6 heteroatoms. The molecule has 0 amide bonds. The zero-order chi connectivity index (χ0) is 34.8. The number of ether oxygens (including phenoxy) is 3. The van der Waals surface area contributed by atoms with Crippen molar-refractivity contribution in [2.75, 3.05) is 0 Å². The zero-order valence-electron chi connectivity index (χ0n) is 30.8. The predicted molar refractivity (Wildman–Crippen MR) is 191 cm³/mol. The molecule has 4 aliphatic rings. The van der Waals surface area contributed by atoms with Gasteiger partial charge in [-0.2, -0.15) is 0 Å². The Labute approximate surface area is 290 Å². The Balaban J connectivity index is 0.000000246. The molecule has 8 atom stereocenters. The Hall–Kier alpha value is -2.89. The molecule has 0 N–H and O–H groups in total. The second kappa shape index (κ2) is 17.7. The normalized spacial score (nSPS) is 29.4. The number of fused-ring (bicyclic) bond motifs is 2. The van der Waals surface area contributed by atoms with Crippen LogP contribution in [0.2, 0.25) is 0 Å². The minimum absolute atomic E-state index is 0.000116. The van der Waals surface area contributed by atoms with Gasteiger partial charge in [0.2, 0.25) is 0 Å². The molecule has 1 aromatic carbocycles. The van der Waals surface area contributed by atoms with Gasteiger partial charge in [0.25, 0.3) is 0 Å². The lowest BCUT2D eigenvalue weighted by Crippen LogP contribution is -2.43. The number of rotatable bonds is 13. The van der Waals surface area contributed by atoms with Crippen LogP contribution in [0, 0.1) is 35.0 Å². The van der Waals surface area contributed by atoms with Gasteiger partial charge in [0.1, 0.15) is 18.3 Å². The Morgan fingerprint density at radius 3 is 2.38 bits per heavy atom. The van der Waals surface area contributed by atoms with Crippen molar-refractivity contribution in [2.45, 2.75) is 150 Å². The van der Waals surface area contributed by atoms with Gasteiger partial charge in [-0.05, 0) is 94.1 Å². The highest BCUT2D eigenvalue weighted by molar-refractivity contribution is 5.93. The summed E-state index contributed by atoms with van der Waals surface area (Å²) in [7, 11) is 0. The standard InChI is InChI=1S/C26H40O4.C16H22O2/c1-7-26(5,6)25(28)30-22-14-16(2)12-19-9-8-18(4)21(24(19)22)11-10-20-13-17(3)15-23(27)29-20;1-2-3-4-5-6-7-12-15-13-10-8-9-11-14(13)16(17)18-15/h8-9,12,16-18,20-22,24H,7,10-11,13-15H2,1-6H3;8-11,15H,2-7,12H2,1H3/t16-,17+,18-,20+,21-,22-,24-;/m0./s1. The van der Waals surface area contributed by atoms with Gasteiger partial charge in [-0.15, -0.1) is 0 Å². The van der Waals surface area contributed by atoms with Gasteiger partial charge in [-0.3, -0.25) is 9.59 Å². The van der Waals surface area contributed by atoms with E-state index in [2.05, 4.69) is 45.9 Å². The number of allylic oxidation sites excluding steroid dienone is 3. The van der Waals surface area contributed by atoms with E-state index in [1.54, 1.807) is 0 Å². The van der Waals surface area contributed by atoms with Crippen LogP contribution in [-0.2, 0) is 23.8 Å². The molecule has 6 nitrogen and oxygen atoms in total. The molecule has 0 radical (unpaired) electrons. The van der Waals surface area contributed by atoms with Crippen molar-refractivity contribution in [1.82, 2.24) is 0 Å². The lowest BCUT2D eigenvalue weighted by atomic mass is 9.65. The Kier molecular flexibility index (Phi) is 14.0. The fraction of sp³-hybridized carbons (Fsp3) is 0.690. The molecule has 1 unspecified atom stereocenters. The van der Waals surface area contributed by atoms with E-state index in [4.69, 9.17) is 14.2 Å². The van der Waals surface area contributed by atoms with Gasteiger partial charge < -0.3 is 14.2 Å². The summed E-state index contributed by atoms with van der Waals surface area (Å²) >= 11 is 0. The van der Waals surface area contributed by atoms with Crippen LogP contribution in [0.5, 0.6) is 0 Å². The number of hydrogen-bond acceptors (Lipinski definition) is 6. The van der Waals surface area contributed by atoms with E-state index in [0.717, 1.165) is 56.1 Å². The maximum absolute atomic E-state index is 12.9. The highest BCUT2D eigenvalue weighted by Gasteiger charge is 2.43. The highest BCUT2D eigenvalue weighted by atomic mass is 16.6. The lowest BCUT2D eigenvalue weighted by Gasteiger charge is -2.44. The Morgan fingerprint density at radius 1 is 0.917 bits per heavy atom. The molecular weight excluding hydrogens is 600 g/mol. The van der Waals surface area contributed by atoms with Crippen molar-refractivity contribution in [3.05, 3.63) is 59.2 Å². The predicted octanol–water partition coefficient (Wildman–Crippen LogP) is 10.5. The zero-order valence-corrected chi connectivity index (χ0v) is 30.8. The van der Waals surface area contributed by atoms with Gasteiger partial charge in [-0.1, -0.05) is 103 Å². The molecule has 1 aromatic rings. The molecule has 1 saturated heterocycles. The summed E-state index contributed by atoms with van der Waals surface area (Å²) < 4.78 is 17.2. The van der Waals surface area contributed by atoms with Crippen LogP contribution < -0.4 is 0 Å². The topological polar surface area (TPSA) is 78.9 Å². The van der Waals surface area contributed by atoms with Crippen LogP contribution in [0.1, 0.15) is 154 Å². The molecule has 0 saturated carbocycles. The molecule has 2 aliphatic carbocycles. The van der Waals surface area contributed by atoms with E-state index >= 15 is 0 Å². The average molecular weight is 663 g/mol. The summed E-state index contributed by atoms with van der Waals surface area (Å²) in [5, 5.41) is 0. The first-order valence-electron chi connectivity index (χ1n) is 19.0. The molecule has 1 fully saturated rings. The van der Waals surface area contributed by atoms with Crippen molar-refractivity contribution in [3.63, 3.8) is 0 Å². The summed E-state index contributed by atoms with van der Waals surface area (Å²) in [4.78, 5) is 36.4. The summed E-state index contributed by atoms with van der Waals surface area (Å²) in [6.07, 6.45) is 20.5. The van der Waals surface area contributed by atoms with Crippen molar-refractivity contribution in [1.29, 1.82) is 0 Å². The summed E-state index contributed by atoms with van der Waals surface area (Å²) in [6.45, 7) is 14.8. The van der Waals surface area contributed by atoms with Crippen molar-refractivity contribution < 1.29 is 28.6 Å². The van der Waals surface area contributed by atoms with Crippen LogP contribution in [0.15, 0.2) is 48.1 Å². The quantitative estimate of drug-likeness (QED) is 0.119. The second-order valence-corrected chi connectivity index (χ2v) is 15.7. The average Bonchev–Trinajstić information content (AvgIpc) is 3.37. The number of unbranched alkanes of at least 4 members (excludes halogenated alkanes) is 5. The third kappa shape index (κ3) is 10.1. The molecule has 5 rings (SSSR count). The van der Waals surface area contributed by atoms with Crippen LogP contribution in [0.4, 0.5) is 0 Å². The molecule has 2 heterocycles. The molecule has 0 spiro atoms. The van der Waals surface area contributed by atoms with E-state index < -0.39 is 5.41 Å². The van der Waals surface area contributed by atoms with Gasteiger partial charge in [-0.25, -0.2) is 4.79 Å². The first-order chi connectivity index (χ1) is 22.9. The number of carbonyl (C=O) groups is 3. The first kappa shape index (κ1) is 37.9. The second-order valence-electron chi connectivity index (χ2n) is 15.7. The van der Waals surface area contributed by atoms with Gasteiger partial charge >= 0.3 is 17.9 Å². The van der Waals surface area contributed by atoms with E-state index in [1.807, 2.05) is 45.0 Å². The van der Waals surface area contributed by atoms with Gasteiger partial charge in [0.05, 0.1) is 11.0 Å². The van der Waals surface area contributed by atoms with E-state index in [-0.39, 0.29) is 42.1 Å². The largest absolute Gasteiger partial charge is 0.462 e. The van der Waals surface area contributed by atoms with Crippen LogP contribution in [0.3, 0.4) is 0 Å². The highest BCUT2D eigenvalue weighted by Crippen LogP contribution is 2.46. The lowest BCUT2D eigenvalue weighted by molar-refractivity contribution is -0.165. The first-order valence-corrected chi connectivity index (χ1v) is 19.0. The monoisotopic (exact) mass is 662 g/mol. The summed E-state index contributed by atoms with van der Waals surface area (Å²) in [5.41, 5.74) is 2.70. The fourth-order valence-electron chi connectivity index (χ4n) is 7.86. The number of carbonyl (C=O) groups excluding carboxylic acids is 3.